The number of alkyl halides is 4. The van der Waals surface area contributed by atoms with Crippen LogP contribution < -0.4 is 0 Å². The van der Waals surface area contributed by atoms with E-state index in [9.17, 15) is 27.5 Å². The van der Waals surface area contributed by atoms with Crippen LogP contribution in [0.25, 0.3) is 10.9 Å². The fourth-order valence-corrected chi connectivity index (χ4v) is 3.15. The van der Waals surface area contributed by atoms with E-state index in [2.05, 4.69) is 10.1 Å². The van der Waals surface area contributed by atoms with Gasteiger partial charge in [-0.25, -0.2) is 17.6 Å². The van der Waals surface area contributed by atoms with Crippen LogP contribution in [0, 0.1) is 5.92 Å². The average molecular weight is 397 g/mol. The van der Waals surface area contributed by atoms with Gasteiger partial charge in [-0.2, -0.15) is 10.1 Å². The highest BCUT2D eigenvalue weighted by Gasteiger charge is 2.53. The van der Waals surface area contributed by atoms with Crippen LogP contribution in [0.3, 0.4) is 0 Å². The molecule has 9 heteroatoms. The molecule has 5 nitrogen and oxygen atoms in total. The normalized spacial score (nSPS) is 19.9. The van der Waals surface area contributed by atoms with E-state index in [0.717, 1.165) is 0 Å². The molecule has 1 aromatic heterocycles. The summed E-state index contributed by atoms with van der Waals surface area (Å²) in [5.74, 6) is -0.869. The quantitative estimate of drug-likeness (QED) is 0.780. The second kappa shape index (κ2) is 7.46. The summed E-state index contributed by atoms with van der Waals surface area (Å²) in [6.07, 6.45) is -7.22. The molecule has 2 heterocycles. The molecule has 2 aromatic rings. The highest BCUT2D eigenvalue weighted by atomic mass is 19.3. The van der Waals surface area contributed by atoms with Crippen LogP contribution in [-0.4, -0.2) is 45.3 Å². The predicted octanol–water partition coefficient (Wildman–Crippen LogP) is 3.85. The molecule has 1 aliphatic rings. The van der Waals surface area contributed by atoms with E-state index in [1.807, 2.05) is 13.8 Å². The first-order valence-corrected chi connectivity index (χ1v) is 8.72. The van der Waals surface area contributed by atoms with Gasteiger partial charge in [-0.1, -0.05) is 32.0 Å². The molecule has 0 bridgehead atoms. The number of fused-ring (bicyclic) bond motifs is 1. The third-order valence-electron chi connectivity index (χ3n) is 4.45. The monoisotopic (exact) mass is 397 g/mol. The summed E-state index contributed by atoms with van der Waals surface area (Å²) in [5.41, 5.74) is -3.10. The molecule has 1 aromatic carbocycles. The van der Waals surface area contributed by atoms with Crippen molar-refractivity contribution in [3.05, 3.63) is 41.6 Å². The number of nitrogens with zero attached hydrogens (tertiary/aromatic N) is 3. The molecule has 0 spiro atoms. The smallest absolute Gasteiger partial charge is 0.287 e. The van der Waals surface area contributed by atoms with Crippen LogP contribution in [0.4, 0.5) is 17.6 Å². The van der Waals surface area contributed by atoms with Crippen molar-refractivity contribution in [3.8, 4) is 0 Å². The van der Waals surface area contributed by atoms with Crippen LogP contribution in [0.15, 0.2) is 35.4 Å². The van der Waals surface area contributed by atoms with E-state index in [4.69, 9.17) is 0 Å². The molecule has 1 aliphatic heterocycles. The molecule has 0 saturated carbocycles. The number of rotatable bonds is 5. The van der Waals surface area contributed by atoms with E-state index >= 15 is 0 Å². The van der Waals surface area contributed by atoms with Crippen LogP contribution >= 0.6 is 0 Å². The topological polar surface area (TPSA) is 65.8 Å². The van der Waals surface area contributed by atoms with E-state index in [-0.39, 0.29) is 16.5 Å². The van der Waals surface area contributed by atoms with Crippen LogP contribution in [0.5, 0.6) is 0 Å². The van der Waals surface area contributed by atoms with Gasteiger partial charge in [0.1, 0.15) is 5.71 Å². The second-order valence-corrected chi connectivity index (χ2v) is 7.14. The molecule has 150 valence electrons. The van der Waals surface area contributed by atoms with Gasteiger partial charge in [0.15, 0.2) is 0 Å². The predicted molar refractivity (Wildman–Crippen MR) is 95.5 cm³/mol. The van der Waals surface area contributed by atoms with Crippen molar-refractivity contribution < 1.29 is 27.5 Å². The molecule has 1 amide bonds. The lowest BCUT2D eigenvalue weighted by Gasteiger charge is -2.30. The number of aliphatic hydroxyl groups is 1. The number of benzene rings is 1. The van der Waals surface area contributed by atoms with Gasteiger partial charge >= 0.3 is 0 Å². The maximum absolute atomic E-state index is 13.5. The zero-order valence-corrected chi connectivity index (χ0v) is 15.2. The van der Waals surface area contributed by atoms with Crippen LogP contribution in [0.1, 0.15) is 36.3 Å². The maximum Gasteiger partial charge on any atom is 0.287 e. The highest BCUT2D eigenvalue weighted by molar-refractivity contribution is 6.07. The van der Waals surface area contributed by atoms with Gasteiger partial charge in [-0.15, -0.1) is 0 Å². The van der Waals surface area contributed by atoms with Crippen molar-refractivity contribution in [2.75, 3.05) is 0 Å². The lowest BCUT2D eigenvalue weighted by atomic mass is 10.0. The van der Waals surface area contributed by atoms with Crippen molar-refractivity contribution in [1.82, 2.24) is 9.99 Å². The summed E-state index contributed by atoms with van der Waals surface area (Å²) in [6.45, 7) is 3.90. The summed E-state index contributed by atoms with van der Waals surface area (Å²) in [5, 5.41) is 14.0. The summed E-state index contributed by atoms with van der Waals surface area (Å²) in [4.78, 5) is 17.5. The number of carbonyl (C=O) groups is 1. The summed E-state index contributed by atoms with van der Waals surface area (Å²) < 4.78 is 53.0. The van der Waals surface area contributed by atoms with Gasteiger partial charge < -0.3 is 5.11 Å². The van der Waals surface area contributed by atoms with Crippen molar-refractivity contribution in [2.24, 2.45) is 11.0 Å². The molecule has 0 unspecified atom stereocenters. The Balaban J connectivity index is 2.13. The molecule has 1 N–H and O–H groups in total. The molecular formula is C19H19F4N3O2. The van der Waals surface area contributed by atoms with Crippen molar-refractivity contribution in [1.29, 1.82) is 0 Å². The van der Waals surface area contributed by atoms with E-state index in [1.54, 1.807) is 24.3 Å². The van der Waals surface area contributed by atoms with Gasteiger partial charge in [0.05, 0.1) is 11.1 Å². The SMILES string of the molecule is CC(C)Cc1cc(C(=O)N2N=C(C(F)F)C[C@@]2(O)C(F)F)c2ccccc2n1. The highest BCUT2D eigenvalue weighted by Crippen LogP contribution is 2.35. The number of para-hydroxylation sites is 1. The molecule has 0 aliphatic carbocycles. The number of carbonyl (C=O) groups excluding carboxylic acids is 1. The first-order valence-electron chi connectivity index (χ1n) is 8.72. The van der Waals surface area contributed by atoms with E-state index in [0.29, 0.717) is 23.0 Å². The zero-order valence-electron chi connectivity index (χ0n) is 15.2. The van der Waals surface area contributed by atoms with Gasteiger partial charge in [0, 0.05) is 17.5 Å². The Bertz CT molecular complexity index is 933. The maximum atomic E-state index is 13.5. The number of aromatic nitrogens is 1. The number of halogens is 4. The van der Waals surface area contributed by atoms with Gasteiger partial charge in [-0.3, -0.25) is 9.78 Å². The molecule has 28 heavy (non-hydrogen) atoms. The van der Waals surface area contributed by atoms with Crippen LogP contribution in [0.2, 0.25) is 0 Å². The lowest BCUT2D eigenvalue weighted by molar-refractivity contribution is -0.164. The van der Waals surface area contributed by atoms with Gasteiger partial charge in [0.2, 0.25) is 5.72 Å². The number of hydrazone groups is 1. The summed E-state index contributed by atoms with van der Waals surface area (Å²) in [7, 11) is 0. The van der Waals surface area contributed by atoms with Crippen molar-refractivity contribution in [2.45, 2.75) is 45.3 Å². The van der Waals surface area contributed by atoms with Gasteiger partial charge in [-0.05, 0) is 24.5 Å². The Morgan fingerprint density at radius 2 is 1.93 bits per heavy atom. The molecular weight excluding hydrogens is 378 g/mol. The fraction of sp³-hybridized carbons (Fsp3) is 0.421. The minimum Gasteiger partial charge on any atom is -0.364 e. The summed E-state index contributed by atoms with van der Waals surface area (Å²) >= 11 is 0. The molecule has 0 saturated heterocycles. The van der Waals surface area contributed by atoms with Crippen LogP contribution in [-0.2, 0) is 6.42 Å². The molecule has 0 radical (unpaired) electrons. The Kier molecular flexibility index (Phi) is 5.38. The fourth-order valence-electron chi connectivity index (χ4n) is 3.15. The number of hydrogen-bond acceptors (Lipinski definition) is 4. The van der Waals surface area contributed by atoms with E-state index in [1.165, 1.54) is 6.07 Å². The van der Waals surface area contributed by atoms with Gasteiger partial charge in [0.25, 0.3) is 18.8 Å². The number of hydrogen-bond donors (Lipinski definition) is 1. The standard InChI is InChI=1S/C19H19F4N3O2/c1-10(2)7-11-8-13(12-5-3-4-6-14(12)24-11)17(27)26-19(28,18(22)23)9-15(25-26)16(20)21/h3-6,8,10,16,18,28H,7,9H2,1-2H3/t19-/m1/s1. The Labute approximate surface area is 158 Å². The van der Waals surface area contributed by atoms with Crippen molar-refractivity contribution in [3.63, 3.8) is 0 Å². The Morgan fingerprint density at radius 1 is 1.25 bits per heavy atom. The largest absolute Gasteiger partial charge is 0.364 e. The lowest BCUT2D eigenvalue weighted by Crippen LogP contribution is -2.51. The number of pyridine rings is 1. The first kappa shape index (κ1) is 20.2. The Morgan fingerprint density at radius 3 is 2.54 bits per heavy atom. The number of amides is 1. The molecule has 0 fully saturated rings. The molecule has 3 rings (SSSR count). The first-order chi connectivity index (χ1) is 13.1. The van der Waals surface area contributed by atoms with E-state index < -0.39 is 36.6 Å². The Hall–Kier alpha value is -2.55. The molecule has 1 atom stereocenters. The third-order valence-corrected chi connectivity index (χ3v) is 4.45. The minimum atomic E-state index is -3.47. The van der Waals surface area contributed by atoms with Crippen molar-refractivity contribution >= 4 is 22.5 Å². The zero-order chi connectivity index (χ0) is 20.6. The second-order valence-electron chi connectivity index (χ2n) is 7.14. The minimum absolute atomic E-state index is 0.0282. The average Bonchev–Trinajstić information content (AvgIpc) is 2.99. The third kappa shape index (κ3) is 3.58. The summed E-state index contributed by atoms with van der Waals surface area (Å²) in [6, 6.07) is 8.02.